The van der Waals surface area contributed by atoms with Crippen LogP contribution in [0.2, 0.25) is 0 Å². The highest BCUT2D eigenvalue weighted by molar-refractivity contribution is 5.38. The van der Waals surface area contributed by atoms with E-state index in [1.807, 2.05) is 0 Å². The molecule has 1 aromatic rings. The van der Waals surface area contributed by atoms with Crippen molar-refractivity contribution in [3.8, 4) is 5.75 Å². The van der Waals surface area contributed by atoms with E-state index in [1.165, 1.54) is 24.0 Å². The molecule has 0 saturated heterocycles. The topological polar surface area (TPSA) is 21.3 Å². The van der Waals surface area contributed by atoms with Crippen molar-refractivity contribution in [2.45, 2.75) is 77.9 Å². The maximum absolute atomic E-state index is 6.27. The molecule has 1 unspecified atom stereocenters. The molecule has 0 radical (unpaired) electrons. The second-order valence-corrected chi connectivity index (χ2v) is 7.44. The Morgan fingerprint density at radius 2 is 2.00 bits per heavy atom. The molecule has 1 aliphatic carbocycles. The molecule has 2 nitrogen and oxygen atoms in total. The molecule has 1 saturated carbocycles. The maximum atomic E-state index is 6.27. The average Bonchev–Trinajstić information content (AvgIpc) is 3.21. The molecule has 0 aromatic heterocycles. The SMILES string of the molecule is CCCC(CNC1CC1)Oc1ccc(C(C)(C)C)cc1C. The first-order valence-electron chi connectivity index (χ1n) is 8.41. The van der Waals surface area contributed by atoms with Crippen molar-refractivity contribution in [1.82, 2.24) is 5.32 Å². The molecule has 2 rings (SSSR count). The standard InChI is InChI=1S/C19H31NO/c1-6-7-17(13-20-16-9-10-16)21-18-11-8-15(12-14(18)2)19(3,4)5/h8,11-12,16-17,20H,6-7,9-10,13H2,1-5H3. The van der Waals surface area contributed by atoms with Crippen LogP contribution < -0.4 is 10.1 Å². The van der Waals surface area contributed by atoms with Crippen LogP contribution in [0.25, 0.3) is 0 Å². The largest absolute Gasteiger partial charge is 0.489 e. The Morgan fingerprint density at radius 3 is 2.52 bits per heavy atom. The van der Waals surface area contributed by atoms with Crippen LogP contribution in [0.5, 0.6) is 5.75 Å². The Balaban J connectivity index is 2.01. The van der Waals surface area contributed by atoms with Gasteiger partial charge in [-0.25, -0.2) is 0 Å². The summed E-state index contributed by atoms with van der Waals surface area (Å²) >= 11 is 0. The summed E-state index contributed by atoms with van der Waals surface area (Å²) in [6.45, 7) is 12.1. The Hall–Kier alpha value is -1.02. The third-order valence-electron chi connectivity index (χ3n) is 4.16. The molecular formula is C19H31NO. The van der Waals surface area contributed by atoms with Crippen molar-refractivity contribution in [1.29, 1.82) is 0 Å². The average molecular weight is 289 g/mol. The second kappa shape index (κ2) is 6.83. The van der Waals surface area contributed by atoms with Gasteiger partial charge in [-0.05, 0) is 48.8 Å². The monoisotopic (exact) mass is 289 g/mol. The van der Waals surface area contributed by atoms with Crippen molar-refractivity contribution in [3.05, 3.63) is 29.3 Å². The van der Waals surface area contributed by atoms with Crippen molar-refractivity contribution in [2.75, 3.05) is 6.54 Å². The summed E-state index contributed by atoms with van der Waals surface area (Å²) in [6, 6.07) is 7.37. The summed E-state index contributed by atoms with van der Waals surface area (Å²) in [4.78, 5) is 0. The summed E-state index contributed by atoms with van der Waals surface area (Å²) < 4.78 is 6.27. The van der Waals surface area contributed by atoms with Gasteiger partial charge in [-0.15, -0.1) is 0 Å². The second-order valence-electron chi connectivity index (χ2n) is 7.44. The van der Waals surface area contributed by atoms with Gasteiger partial charge in [0.25, 0.3) is 0 Å². The first-order chi connectivity index (χ1) is 9.90. The molecular weight excluding hydrogens is 258 g/mol. The number of nitrogens with one attached hydrogen (secondary N) is 1. The van der Waals surface area contributed by atoms with Gasteiger partial charge in [-0.1, -0.05) is 46.2 Å². The van der Waals surface area contributed by atoms with Crippen LogP contribution in [-0.4, -0.2) is 18.7 Å². The van der Waals surface area contributed by atoms with Crippen LogP contribution in [0.15, 0.2) is 18.2 Å². The minimum absolute atomic E-state index is 0.194. The van der Waals surface area contributed by atoms with Crippen molar-refractivity contribution in [2.24, 2.45) is 0 Å². The van der Waals surface area contributed by atoms with E-state index in [9.17, 15) is 0 Å². The van der Waals surface area contributed by atoms with Crippen LogP contribution in [0.3, 0.4) is 0 Å². The highest BCUT2D eigenvalue weighted by atomic mass is 16.5. The summed E-state index contributed by atoms with van der Waals surface area (Å²) in [5, 5.41) is 3.59. The van der Waals surface area contributed by atoms with Crippen LogP contribution >= 0.6 is 0 Å². The van der Waals surface area contributed by atoms with Gasteiger partial charge in [0.05, 0.1) is 0 Å². The minimum Gasteiger partial charge on any atom is -0.489 e. The third-order valence-corrected chi connectivity index (χ3v) is 4.16. The molecule has 21 heavy (non-hydrogen) atoms. The zero-order valence-corrected chi connectivity index (χ0v) is 14.3. The van der Waals surface area contributed by atoms with E-state index >= 15 is 0 Å². The lowest BCUT2D eigenvalue weighted by molar-refractivity contribution is 0.184. The van der Waals surface area contributed by atoms with E-state index in [0.717, 1.165) is 31.2 Å². The molecule has 2 heteroatoms. The number of ether oxygens (including phenoxy) is 1. The van der Waals surface area contributed by atoms with Gasteiger partial charge in [-0.2, -0.15) is 0 Å². The fraction of sp³-hybridized carbons (Fsp3) is 0.684. The maximum Gasteiger partial charge on any atom is 0.122 e. The lowest BCUT2D eigenvalue weighted by Crippen LogP contribution is -2.32. The molecule has 0 aliphatic heterocycles. The first-order valence-corrected chi connectivity index (χ1v) is 8.41. The van der Waals surface area contributed by atoms with E-state index < -0.39 is 0 Å². The van der Waals surface area contributed by atoms with Crippen LogP contribution in [0.4, 0.5) is 0 Å². The predicted octanol–water partition coefficient (Wildman–Crippen LogP) is 4.59. The highest BCUT2D eigenvalue weighted by Gasteiger charge is 2.22. The molecule has 1 aliphatic rings. The number of aryl methyl sites for hydroxylation is 1. The van der Waals surface area contributed by atoms with Gasteiger partial charge in [0.2, 0.25) is 0 Å². The highest BCUT2D eigenvalue weighted by Crippen LogP contribution is 2.28. The van der Waals surface area contributed by atoms with Gasteiger partial charge in [0, 0.05) is 12.6 Å². The Labute approximate surface area is 130 Å². The lowest BCUT2D eigenvalue weighted by Gasteiger charge is -2.23. The molecule has 1 atom stereocenters. The summed E-state index contributed by atoms with van der Waals surface area (Å²) in [7, 11) is 0. The molecule has 1 aromatic carbocycles. The van der Waals surface area contributed by atoms with Gasteiger partial charge >= 0.3 is 0 Å². The predicted molar refractivity (Wildman–Crippen MR) is 90.2 cm³/mol. The van der Waals surface area contributed by atoms with Crippen molar-refractivity contribution in [3.63, 3.8) is 0 Å². The molecule has 0 amide bonds. The van der Waals surface area contributed by atoms with Crippen LogP contribution in [-0.2, 0) is 5.41 Å². The van der Waals surface area contributed by atoms with Gasteiger partial charge in [-0.3, -0.25) is 0 Å². The quantitative estimate of drug-likeness (QED) is 0.792. The number of hydrogen-bond donors (Lipinski definition) is 1. The molecule has 0 heterocycles. The zero-order chi connectivity index (χ0) is 15.5. The number of rotatable bonds is 7. The van der Waals surface area contributed by atoms with Gasteiger partial charge in [0.15, 0.2) is 0 Å². The normalized spacial score (nSPS) is 16.8. The molecule has 118 valence electrons. The zero-order valence-electron chi connectivity index (χ0n) is 14.3. The third kappa shape index (κ3) is 5.03. The summed E-state index contributed by atoms with van der Waals surface area (Å²) in [5.41, 5.74) is 2.81. The van der Waals surface area contributed by atoms with Crippen molar-refractivity contribution >= 4 is 0 Å². The van der Waals surface area contributed by atoms with Crippen LogP contribution in [0.1, 0.15) is 64.5 Å². The molecule has 0 bridgehead atoms. The van der Waals surface area contributed by atoms with E-state index in [4.69, 9.17) is 4.74 Å². The smallest absolute Gasteiger partial charge is 0.122 e. The molecule has 1 fully saturated rings. The Kier molecular flexibility index (Phi) is 5.32. The van der Waals surface area contributed by atoms with Crippen molar-refractivity contribution < 1.29 is 4.74 Å². The molecule has 1 N–H and O–H groups in total. The van der Waals surface area contributed by atoms with E-state index in [1.54, 1.807) is 0 Å². The number of benzene rings is 1. The summed E-state index contributed by atoms with van der Waals surface area (Å²) in [5.74, 6) is 1.04. The van der Waals surface area contributed by atoms with Gasteiger partial charge in [0.1, 0.15) is 11.9 Å². The first kappa shape index (κ1) is 16.4. The van der Waals surface area contributed by atoms with Gasteiger partial charge < -0.3 is 10.1 Å². The lowest BCUT2D eigenvalue weighted by atomic mass is 9.86. The number of hydrogen-bond acceptors (Lipinski definition) is 2. The minimum atomic E-state index is 0.194. The van der Waals surface area contributed by atoms with E-state index in [0.29, 0.717) is 0 Å². The van der Waals surface area contributed by atoms with Crippen LogP contribution in [0, 0.1) is 6.92 Å². The Bertz CT molecular complexity index is 457. The fourth-order valence-corrected chi connectivity index (χ4v) is 2.54. The van der Waals surface area contributed by atoms with E-state index in [2.05, 4.69) is 58.1 Å². The fourth-order valence-electron chi connectivity index (χ4n) is 2.54. The Morgan fingerprint density at radius 1 is 1.29 bits per heavy atom. The van der Waals surface area contributed by atoms with E-state index in [-0.39, 0.29) is 11.5 Å². The summed E-state index contributed by atoms with van der Waals surface area (Å²) in [6.07, 6.45) is 5.22. The molecule has 0 spiro atoms.